The molecular weight excluding hydrogens is 212 g/mol. The van der Waals surface area contributed by atoms with Crippen molar-refractivity contribution in [1.82, 2.24) is 0 Å². The van der Waals surface area contributed by atoms with Crippen LogP contribution in [-0.4, -0.2) is 0 Å². The topological polar surface area (TPSA) is 30.2 Å². The van der Waals surface area contributed by atoms with Gasteiger partial charge in [0, 0.05) is 11.6 Å². The Hall–Kier alpha value is -2.09. The van der Waals surface area contributed by atoms with E-state index in [1.165, 1.54) is 0 Å². The quantitative estimate of drug-likeness (QED) is 0.741. The Morgan fingerprint density at radius 2 is 2.00 bits per heavy atom. The maximum atomic E-state index is 11.9. The van der Waals surface area contributed by atoms with Gasteiger partial charge in [-0.1, -0.05) is 30.4 Å². The highest BCUT2D eigenvalue weighted by molar-refractivity contribution is 5.80. The first kappa shape index (κ1) is 10.1. The van der Waals surface area contributed by atoms with Crippen molar-refractivity contribution in [2.45, 2.75) is 12.8 Å². The molecule has 84 valence electrons. The number of para-hydroxylation sites is 1. The van der Waals surface area contributed by atoms with Crippen LogP contribution < -0.4 is 5.43 Å². The largest absolute Gasteiger partial charge is 0.456 e. The summed E-state index contributed by atoms with van der Waals surface area (Å²) in [6.45, 7) is 0. The van der Waals surface area contributed by atoms with Crippen LogP contribution in [0, 0.1) is 0 Å². The normalized spacial score (nSPS) is 14.9. The maximum absolute atomic E-state index is 11.9. The first-order valence-corrected chi connectivity index (χ1v) is 5.74. The van der Waals surface area contributed by atoms with Crippen LogP contribution in [0.2, 0.25) is 0 Å². The van der Waals surface area contributed by atoms with Gasteiger partial charge in [0.05, 0.1) is 5.39 Å². The van der Waals surface area contributed by atoms with Crippen LogP contribution in [0.1, 0.15) is 18.6 Å². The van der Waals surface area contributed by atoms with E-state index in [0.717, 1.165) is 18.4 Å². The van der Waals surface area contributed by atoms with Crippen LogP contribution in [0.25, 0.3) is 16.5 Å². The van der Waals surface area contributed by atoms with Gasteiger partial charge in [0.25, 0.3) is 0 Å². The fraction of sp³-hybridized carbons (Fsp3) is 0.133. The van der Waals surface area contributed by atoms with Crippen LogP contribution in [0.15, 0.2) is 57.8 Å². The van der Waals surface area contributed by atoms with Crippen molar-refractivity contribution in [3.63, 3.8) is 0 Å². The van der Waals surface area contributed by atoms with E-state index >= 15 is 0 Å². The minimum atomic E-state index is 0.0155. The van der Waals surface area contributed by atoms with E-state index in [2.05, 4.69) is 12.2 Å². The third-order valence-corrected chi connectivity index (χ3v) is 2.91. The molecule has 0 atom stereocenters. The molecule has 0 spiro atoms. The molecular formula is C15H12O2. The first-order valence-electron chi connectivity index (χ1n) is 5.74. The molecule has 1 aliphatic rings. The summed E-state index contributed by atoms with van der Waals surface area (Å²) in [5.74, 6) is 0.657. The molecule has 1 aliphatic carbocycles. The molecule has 2 heteroatoms. The van der Waals surface area contributed by atoms with E-state index in [4.69, 9.17) is 4.42 Å². The second-order valence-electron chi connectivity index (χ2n) is 4.11. The molecule has 0 aliphatic heterocycles. The fourth-order valence-corrected chi connectivity index (χ4v) is 2.04. The number of benzene rings is 1. The van der Waals surface area contributed by atoms with Crippen molar-refractivity contribution in [2.24, 2.45) is 0 Å². The van der Waals surface area contributed by atoms with E-state index in [1.807, 2.05) is 24.3 Å². The molecule has 0 N–H and O–H groups in total. The minimum Gasteiger partial charge on any atom is -0.456 e. The average Bonchev–Trinajstić information content (AvgIpc) is 2.40. The third-order valence-electron chi connectivity index (χ3n) is 2.91. The molecule has 2 nitrogen and oxygen atoms in total. The van der Waals surface area contributed by atoms with Gasteiger partial charge in [0.1, 0.15) is 11.3 Å². The van der Waals surface area contributed by atoms with E-state index in [9.17, 15) is 4.79 Å². The van der Waals surface area contributed by atoms with Gasteiger partial charge in [-0.15, -0.1) is 0 Å². The lowest BCUT2D eigenvalue weighted by Gasteiger charge is -2.06. The van der Waals surface area contributed by atoms with Gasteiger partial charge in [0.15, 0.2) is 5.43 Å². The highest BCUT2D eigenvalue weighted by Crippen LogP contribution is 2.22. The molecule has 0 saturated heterocycles. The average molecular weight is 224 g/mol. The number of allylic oxidation sites excluding steroid dienone is 4. The van der Waals surface area contributed by atoms with Gasteiger partial charge in [0.2, 0.25) is 0 Å². The van der Waals surface area contributed by atoms with Gasteiger partial charge in [-0.25, -0.2) is 0 Å². The molecule has 3 rings (SSSR count). The van der Waals surface area contributed by atoms with Crippen LogP contribution in [-0.2, 0) is 0 Å². The Kier molecular flexibility index (Phi) is 2.41. The number of hydrogen-bond donors (Lipinski definition) is 0. The first-order chi connectivity index (χ1) is 8.34. The van der Waals surface area contributed by atoms with Crippen LogP contribution in [0.5, 0.6) is 0 Å². The SMILES string of the molecule is O=c1cc(C2=CCCC=C2)oc2ccccc12. The second kappa shape index (κ2) is 4.06. The van der Waals surface area contributed by atoms with Crippen molar-refractivity contribution in [3.05, 3.63) is 64.5 Å². The highest BCUT2D eigenvalue weighted by Gasteiger charge is 2.07. The zero-order valence-corrected chi connectivity index (χ0v) is 9.35. The Morgan fingerprint density at radius 3 is 2.82 bits per heavy atom. The zero-order chi connectivity index (χ0) is 11.7. The zero-order valence-electron chi connectivity index (χ0n) is 9.35. The van der Waals surface area contributed by atoms with Crippen molar-refractivity contribution in [3.8, 4) is 0 Å². The molecule has 0 radical (unpaired) electrons. The van der Waals surface area contributed by atoms with Crippen molar-refractivity contribution in [1.29, 1.82) is 0 Å². The summed E-state index contributed by atoms with van der Waals surface area (Å²) >= 11 is 0. The minimum absolute atomic E-state index is 0.0155. The summed E-state index contributed by atoms with van der Waals surface area (Å²) in [5.41, 5.74) is 1.66. The van der Waals surface area contributed by atoms with Gasteiger partial charge in [-0.05, 0) is 25.0 Å². The highest BCUT2D eigenvalue weighted by atomic mass is 16.3. The van der Waals surface area contributed by atoms with E-state index < -0.39 is 0 Å². The molecule has 0 bridgehead atoms. The lowest BCUT2D eigenvalue weighted by atomic mass is 10.0. The fourth-order valence-electron chi connectivity index (χ4n) is 2.04. The predicted molar refractivity (Wildman–Crippen MR) is 68.8 cm³/mol. The molecule has 0 saturated carbocycles. The maximum Gasteiger partial charge on any atom is 0.193 e. The lowest BCUT2D eigenvalue weighted by Crippen LogP contribution is -2.01. The van der Waals surface area contributed by atoms with Crippen molar-refractivity contribution >= 4 is 16.5 Å². The van der Waals surface area contributed by atoms with E-state index in [1.54, 1.807) is 12.1 Å². The molecule has 0 fully saturated rings. The van der Waals surface area contributed by atoms with Crippen molar-refractivity contribution < 1.29 is 4.42 Å². The van der Waals surface area contributed by atoms with Gasteiger partial charge < -0.3 is 4.42 Å². The molecule has 1 heterocycles. The number of fused-ring (bicyclic) bond motifs is 1. The Balaban J connectivity index is 2.22. The van der Waals surface area contributed by atoms with Gasteiger partial charge in [-0.3, -0.25) is 4.79 Å². The molecule has 2 aromatic rings. The standard InChI is InChI=1S/C15H12O2/c16-13-10-15(11-6-2-1-3-7-11)17-14-9-5-4-8-12(13)14/h2,4-10H,1,3H2. The summed E-state index contributed by atoms with van der Waals surface area (Å²) in [7, 11) is 0. The summed E-state index contributed by atoms with van der Waals surface area (Å²) in [5, 5.41) is 0.636. The monoisotopic (exact) mass is 224 g/mol. The molecule has 0 amide bonds. The summed E-state index contributed by atoms with van der Waals surface area (Å²) in [4.78, 5) is 11.9. The predicted octanol–water partition coefficient (Wildman–Crippen LogP) is 3.53. The van der Waals surface area contributed by atoms with E-state index in [-0.39, 0.29) is 5.43 Å². The summed E-state index contributed by atoms with van der Waals surface area (Å²) in [6.07, 6.45) is 8.28. The van der Waals surface area contributed by atoms with Gasteiger partial charge >= 0.3 is 0 Å². The number of hydrogen-bond acceptors (Lipinski definition) is 2. The Labute approximate surface area is 98.9 Å². The summed E-state index contributed by atoms with van der Waals surface area (Å²) < 4.78 is 5.76. The smallest absolute Gasteiger partial charge is 0.193 e. The Morgan fingerprint density at radius 1 is 1.12 bits per heavy atom. The van der Waals surface area contributed by atoms with Crippen LogP contribution in [0.3, 0.4) is 0 Å². The Bertz CT molecular complexity index is 675. The third kappa shape index (κ3) is 1.82. The molecule has 1 aromatic heterocycles. The lowest BCUT2D eigenvalue weighted by molar-refractivity contribution is 0.587. The molecule has 17 heavy (non-hydrogen) atoms. The summed E-state index contributed by atoms with van der Waals surface area (Å²) in [6, 6.07) is 8.91. The molecule has 0 unspecified atom stereocenters. The van der Waals surface area contributed by atoms with Crippen LogP contribution in [0.4, 0.5) is 0 Å². The number of rotatable bonds is 1. The van der Waals surface area contributed by atoms with Crippen LogP contribution >= 0.6 is 0 Å². The van der Waals surface area contributed by atoms with E-state index in [0.29, 0.717) is 16.7 Å². The van der Waals surface area contributed by atoms with Crippen molar-refractivity contribution in [2.75, 3.05) is 0 Å². The van der Waals surface area contributed by atoms with Gasteiger partial charge in [-0.2, -0.15) is 0 Å². The molecule has 1 aromatic carbocycles. The second-order valence-corrected chi connectivity index (χ2v) is 4.11.